The molecule has 8 heteroatoms. The maximum atomic E-state index is 4.09. The van der Waals surface area contributed by atoms with Crippen molar-refractivity contribution in [2.45, 2.75) is 27.3 Å². The largest absolute Gasteiger partial charge is 0.222 e. The Morgan fingerprint density at radius 2 is 1.65 bits per heavy atom. The van der Waals surface area contributed by atoms with Crippen molar-refractivity contribution in [1.82, 2.24) is 40.4 Å². The second-order valence-electron chi connectivity index (χ2n) is 4.63. The van der Waals surface area contributed by atoms with Crippen LogP contribution in [0.15, 0.2) is 18.2 Å². The van der Waals surface area contributed by atoms with Gasteiger partial charge in [-0.1, -0.05) is 18.2 Å². The van der Waals surface area contributed by atoms with Gasteiger partial charge in [-0.25, -0.2) is 4.68 Å². The molecule has 0 unspecified atom stereocenters. The lowest BCUT2D eigenvalue weighted by molar-refractivity contribution is 0.595. The number of aryl methyl sites for hydroxylation is 3. The van der Waals surface area contributed by atoms with Crippen LogP contribution in [0.1, 0.15) is 22.8 Å². The second-order valence-corrected chi connectivity index (χ2v) is 4.63. The van der Waals surface area contributed by atoms with E-state index in [4.69, 9.17) is 0 Å². The third kappa shape index (κ3) is 2.04. The Morgan fingerprint density at radius 3 is 2.30 bits per heavy atom. The third-order valence-electron chi connectivity index (χ3n) is 3.19. The Hall–Kier alpha value is -2.64. The van der Waals surface area contributed by atoms with E-state index >= 15 is 0 Å². The maximum Gasteiger partial charge on any atom is 0.178 e. The van der Waals surface area contributed by atoms with Gasteiger partial charge in [0.05, 0.1) is 5.69 Å². The Labute approximate surface area is 115 Å². The summed E-state index contributed by atoms with van der Waals surface area (Å²) in [6.45, 7) is 6.35. The van der Waals surface area contributed by atoms with Crippen LogP contribution in [0.3, 0.4) is 0 Å². The molecule has 0 bridgehead atoms. The number of aromatic nitrogens is 8. The zero-order chi connectivity index (χ0) is 14.1. The quantitative estimate of drug-likeness (QED) is 0.693. The van der Waals surface area contributed by atoms with Crippen LogP contribution in [0.4, 0.5) is 0 Å². The van der Waals surface area contributed by atoms with Gasteiger partial charge in [0.25, 0.3) is 0 Å². The normalized spacial score (nSPS) is 10.9. The van der Waals surface area contributed by atoms with Crippen LogP contribution in [0.5, 0.6) is 0 Å². The molecule has 1 aromatic carbocycles. The van der Waals surface area contributed by atoms with Gasteiger partial charge >= 0.3 is 0 Å². The van der Waals surface area contributed by atoms with Crippen molar-refractivity contribution >= 4 is 0 Å². The van der Waals surface area contributed by atoms with E-state index in [-0.39, 0.29) is 0 Å². The Balaban J connectivity index is 2.05. The molecular formula is C12H14N8. The number of hydrogen-bond acceptors (Lipinski definition) is 6. The van der Waals surface area contributed by atoms with E-state index in [0.717, 1.165) is 22.6 Å². The average molecular weight is 270 g/mol. The molecule has 0 saturated heterocycles. The summed E-state index contributed by atoms with van der Waals surface area (Å²) in [4.78, 5) is 0. The molecule has 0 N–H and O–H groups in total. The monoisotopic (exact) mass is 270 g/mol. The minimum absolute atomic E-state index is 0.430. The molecule has 0 aliphatic heterocycles. The number of nitrogens with zero attached hydrogens (tertiary/aromatic N) is 8. The molecule has 20 heavy (non-hydrogen) atoms. The first-order valence-electron chi connectivity index (χ1n) is 6.23. The van der Waals surface area contributed by atoms with Gasteiger partial charge in [0.1, 0.15) is 12.4 Å². The van der Waals surface area contributed by atoms with Gasteiger partial charge in [-0.3, -0.25) is 0 Å². The van der Waals surface area contributed by atoms with Gasteiger partial charge in [-0.05, 0) is 52.8 Å². The van der Waals surface area contributed by atoms with Crippen molar-refractivity contribution in [3.63, 3.8) is 0 Å². The first kappa shape index (κ1) is 12.4. The molecule has 8 nitrogen and oxygen atoms in total. The van der Waals surface area contributed by atoms with Crippen molar-refractivity contribution in [1.29, 1.82) is 0 Å². The highest BCUT2D eigenvalue weighted by atomic mass is 15.6. The van der Waals surface area contributed by atoms with Crippen LogP contribution in [0, 0.1) is 20.8 Å². The lowest BCUT2D eigenvalue weighted by atomic mass is 10.1. The molecule has 3 aromatic rings. The molecule has 0 aliphatic carbocycles. The summed E-state index contributed by atoms with van der Waals surface area (Å²) >= 11 is 0. The molecule has 2 heterocycles. The van der Waals surface area contributed by atoms with Crippen molar-refractivity contribution in [2.24, 2.45) is 0 Å². The van der Waals surface area contributed by atoms with Crippen molar-refractivity contribution in [3.8, 4) is 5.69 Å². The van der Waals surface area contributed by atoms with E-state index < -0.39 is 0 Å². The van der Waals surface area contributed by atoms with Crippen LogP contribution in [0.2, 0.25) is 0 Å². The zero-order valence-corrected chi connectivity index (χ0v) is 11.5. The van der Waals surface area contributed by atoms with Crippen LogP contribution < -0.4 is 0 Å². The summed E-state index contributed by atoms with van der Waals surface area (Å²) in [6, 6.07) is 6.09. The summed E-state index contributed by atoms with van der Waals surface area (Å²) in [6.07, 6.45) is 0. The first-order valence-corrected chi connectivity index (χ1v) is 6.23. The topological polar surface area (TPSA) is 87.2 Å². The van der Waals surface area contributed by atoms with Crippen molar-refractivity contribution in [3.05, 3.63) is 41.0 Å². The summed E-state index contributed by atoms with van der Waals surface area (Å²) in [5.41, 5.74) is 3.23. The van der Waals surface area contributed by atoms with Gasteiger partial charge in [0.2, 0.25) is 0 Å². The second kappa shape index (κ2) is 4.80. The zero-order valence-electron chi connectivity index (χ0n) is 11.5. The van der Waals surface area contributed by atoms with Crippen LogP contribution >= 0.6 is 0 Å². The van der Waals surface area contributed by atoms with Gasteiger partial charge in [0, 0.05) is 0 Å². The fourth-order valence-corrected chi connectivity index (χ4v) is 2.15. The Bertz CT molecular complexity index is 721. The van der Waals surface area contributed by atoms with Gasteiger partial charge < -0.3 is 0 Å². The standard InChI is InChI=1S/C12H14N8/c1-8-5-4-6-9(2)12(8)20-11(14-16-18-20)7-19-10(3)13-15-17-19/h4-6H,7H2,1-3H3. The van der Waals surface area contributed by atoms with E-state index in [1.165, 1.54) is 0 Å². The molecule has 0 spiro atoms. The minimum atomic E-state index is 0.430. The number of benzene rings is 1. The fourth-order valence-electron chi connectivity index (χ4n) is 2.15. The van der Waals surface area contributed by atoms with E-state index in [1.807, 2.05) is 39.0 Å². The third-order valence-corrected chi connectivity index (χ3v) is 3.19. The molecule has 0 fully saturated rings. The van der Waals surface area contributed by atoms with Crippen molar-refractivity contribution in [2.75, 3.05) is 0 Å². The van der Waals surface area contributed by atoms with Crippen LogP contribution in [-0.4, -0.2) is 40.4 Å². The van der Waals surface area contributed by atoms with E-state index in [2.05, 4.69) is 31.1 Å². The average Bonchev–Trinajstić information content (AvgIpc) is 3.01. The number of hydrogen-bond donors (Lipinski definition) is 0. The molecule has 0 amide bonds. The molecule has 102 valence electrons. The predicted octanol–water partition coefficient (Wildman–Crippen LogP) is 0.622. The van der Waals surface area contributed by atoms with Gasteiger partial charge in [0.15, 0.2) is 5.82 Å². The van der Waals surface area contributed by atoms with Crippen LogP contribution in [0.25, 0.3) is 5.69 Å². The van der Waals surface area contributed by atoms with E-state index in [1.54, 1.807) is 9.36 Å². The molecule has 2 aromatic heterocycles. The minimum Gasteiger partial charge on any atom is -0.222 e. The summed E-state index contributed by atoms with van der Waals surface area (Å²) in [5.74, 6) is 1.42. The highest BCUT2D eigenvalue weighted by Gasteiger charge is 2.14. The summed E-state index contributed by atoms with van der Waals surface area (Å²) in [5, 5.41) is 23.3. The van der Waals surface area contributed by atoms with Gasteiger partial charge in [-0.2, -0.15) is 4.68 Å². The number of para-hydroxylation sites is 1. The smallest absolute Gasteiger partial charge is 0.178 e. The van der Waals surface area contributed by atoms with Gasteiger partial charge in [-0.15, -0.1) is 10.2 Å². The molecule has 0 atom stereocenters. The molecule has 0 radical (unpaired) electrons. The lowest BCUT2D eigenvalue weighted by Gasteiger charge is -2.10. The Kier molecular flexibility index (Phi) is 2.97. The van der Waals surface area contributed by atoms with E-state index in [9.17, 15) is 0 Å². The number of rotatable bonds is 3. The van der Waals surface area contributed by atoms with Crippen LogP contribution in [-0.2, 0) is 6.54 Å². The number of tetrazole rings is 2. The molecule has 0 saturated carbocycles. The fraction of sp³-hybridized carbons (Fsp3) is 0.333. The highest BCUT2D eigenvalue weighted by molar-refractivity contribution is 5.46. The lowest BCUT2D eigenvalue weighted by Crippen LogP contribution is -2.12. The maximum absolute atomic E-state index is 4.09. The first-order chi connectivity index (χ1) is 9.66. The van der Waals surface area contributed by atoms with E-state index in [0.29, 0.717) is 12.4 Å². The summed E-state index contributed by atoms with van der Waals surface area (Å²) in [7, 11) is 0. The Morgan fingerprint density at radius 1 is 0.950 bits per heavy atom. The van der Waals surface area contributed by atoms with Crippen molar-refractivity contribution < 1.29 is 0 Å². The molecular weight excluding hydrogens is 256 g/mol. The summed E-state index contributed by atoms with van der Waals surface area (Å²) < 4.78 is 3.40. The molecule has 3 rings (SSSR count). The highest BCUT2D eigenvalue weighted by Crippen LogP contribution is 2.18. The predicted molar refractivity (Wildman–Crippen MR) is 70.3 cm³/mol. The molecule has 0 aliphatic rings. The SMILES string of the molecule is Cc1cccc(C)c1-n1nnnc1Cn1nnnc1C.